The smallest absolute Gasteiger partial charge is 0.338 e. The van der Waals surface area contributed by atoms with Gasteiger partial charge < -0.3 is 10.5 Å². The van der Waals surface area contributed by atoms with Crippen LogP contribution in [0.1, 0.15) is 142 Å². The third-order valence-electron chi connectivity index (χ3n) is 7.64. The van der Waals surface area contributed by atoms with Gasteiger partial charge in [-0.2, -0.15) is 0 Å². The molecule has 0 amide bonds. The molecule has 0 atom stereocenters. The van der Waals surface area contributed by atoms with Gasteiger partial charge in [-0.25, -0.2) is 4.79 Å². The second kappa shape index (κ2) is 18.9. The molecule has 0 heterocycles. The van der Waals surface area contributed by atoms with Crippen molar-refractivity contribution in [2.75, 3.05) is 12.3 Å². The molecule has 0 aliphatic carbocycles. The first kappa shape index (κ1) is 30.9. The third-order valence-corrected chi connectivity index (χ3v) is 7.64. The van der Waals surface area contributed by atoms with Gasteiger partial charge in [-0.1, -0.05) is 134 Å². The molecule has 37 heavy (non-hydrogen) atoms. The average Bonchev–Trinajstić information content (AvgIpc) is 2.91. The van der Waals surface area contributed by atoms with Crippen LogP contribution in [0.4, 0.5) is 5.69 Å². The Morgan fingerprint density at radius 1 is 0.730 bits per heavy atom. The Morgan fingerprint density at radius 2 is 1.22 bits per heavy atom. The number of nitrogen functional groups attached to an aromatic ring is 1. The summed E-state index contributed by atoms with van der Waals surface area (Å²) >= 11 is 0. The molecule has 0 aromatic heterocycles. The number of hydrogen-bond donors (Lipinski definition) is 1. The molecule has 0 spiro atoms. The molecule has 0 radical (unpaired) electrons. The first-order chi connectivity index (χ1) is 18.0. The highest BCUT2D eigenvalue weighted by molar-refractivity contribution is 5.93. The molecular weight excluding hydrogens is 454 g/mol. The lowest BCUT2D eigenvalue weighted by Gasteiger charge is -2.16. The van der Waals surface area contributed by atoms with Crippen LogP contribution >= 0.6 is 0 Å². The fourth-order valence-electron chi connectivity index (χ4n) is 5.14. The van der Waals surface area contributed by atoms with E-state index in [4.69, 9.17) is 10.5 Å². The normalized spacial score (nSPS) is 11.1. The number of anilines is 1. The van der Waals surface area contributed by atoms with Gasteiger partial charge in [-0.15, -0.1) is 0 Å². The van der Waals surface area contributed by atoms with E-state index in [9.17, 15) is 4.79 Å². The predicted octanol–water partition coefficient (Wildman–Crippen LogP) is 9.89. The zero-order valence-electron chi connectivity index (χ0n) is 24.1. The molecule has 0 saturated carbocycles. The van der Waals surface area contributed by atoms with E-state index in [1.807, 2.05) is 38.1 Å². The number of ether oxygens (including phenoxy) is 1. The molecule has 2 N–H and O–H groups in total. The summed E-state index contributed by atoms with van der Waals surface area (Å²) < 4.78 is 5.70. The molecule has 2 aromatic carbocycles. The van der Waals surface area contributed by atoms with E-state index < -0.39 is 0 Å². The van der Waals surface area contributed by atoms with Crippen LogP contribution < -0.4 is 5.73 Å². The van der Waals surface area contributed by atoms with Crippen molar-refractivity contribution in [2.45, 2.75) is 130 Å². The van der Waals surface area contributed by atoms with Gasteiger partial charge in [0.15, 0.2) is 0 Å². The Labute approximate surface area is 227 Å². The van der Waals surface area contributed by atoms with Gasteiger partial charge in [0.05, 0.1) is 12.2 Å². The van der Waals surface area contributed by atoms with Gasteiger partial charge in [0.2, 0.25) is 0 Å². The van der Waals surface area contributed by atoms with Crippen LogP contribution in [-0.2, 0) is 11.2 Å². The van der Waals surface area contributed by atoms with Crippen molar-refractivity contribution < 1.29 is 9.53 Å². The monoisotopic (exact) mass is 507 g/mol. The minimum absolute atomic E-state index is 0.224. The number of carbonyl (C=O) groups is 1. The van der Waals surface area contributed by atoms with E-state index in [0.717, 1.165) is 35.2 Å². The van der Waals surface area contributed by atoms with Crippen molar-refractivity contribution in [3.8, 4) is 0 Å². The number of nitrogens with two attached hydrogens (primary N) is 1. The van der Waals surface area contributed by atoms with Crippen molar-refractivity contribution >= 4 is 11.7 Å². The van der Waals surface area contributed by atoms with Gasteiger partial charge in [-0.3, -0.25) is 0 Å². The standard InChI is InChI=1S/C34H53NO2/c1-4-5-6-7-8-9-10-11-12-13-14-15-16-17-18-22-25-37-34(36)32-26-28(2)33(35)29(3)31(32)27-30-23-20-19-21-24-30/h19-21,23-24,26H,4-18,22,25,27,35H2,1-3H3. The summed E-state index contributed by atoms with van der Waals surface area (Å²) in [5, 5.41) is 0. The van der Waals surface area contributed by atoms with Gasteiger partial charge in [0, 0.05) is 5.69 Å². The van der Waals surface area contributed by atoms with E-state index in [1.165, 1.54) is 95.5 Å². The maximum absolute atomic E-state index is 13.0. The summed E-state index contributed by atoms with van der Waals surface area (Å²) in [6, 6.07) is 12.1. The zero-order valence-corrected chi connectivity index (χ0v) is 24.1. The fourth-order valence-corrected chi connectivity index (χ4v) is 5.14. The molecule has 3 heteroatoms. The molecule has 3 nitrogen and oxygen atoms in total. The second-order valence-corrected chi connectivity index (χ2v) is 10.9. The number of aryl methyl sites for hydroxylation is 1. The Bertz CT molecular complexity index is 890. The molecule has 0 aliphatic heterocycles. The maximum Gasteiger partial charge on any atom is 0.338 e. The van der Waals surface area contributed by atoms with E-state index >= 15 is 0 Å². The Kier molecular flexibility index (Phi) is 15.8. The lowest BCUT2D eigenvalue weighted by molar-refractivity contribution is 0.0496. The Morgan fingerprint density at radius 3 is 1.73 bits per heavy atom. The number of carbonyl (C=O) groups excluding carboxylic acids is 1. The minimum atomic E-state index is -0.224. The summed E-state index contributed by atoms with van der Waals surface area (Å²) in [6.07, 6.45) is 22.1. The second-order valence-electron chi connectivity index (χ2n) is 10.9. The molecular formula is C34H53NO2. The average molecular weight is 508 g/mol. The minimum Gasteiger partial charge on any atom is -0.462 e. The summed E-state index contributed by atoms with van der Waals surface area (Å²) in [7, 11) is 0. The molecule has 0 fully saturated rings. The molecule has 2 rings (SSSR count). The maximum atomic E-state index is 13.0. The van der Waals surface area contributed by atoms with Crippen LogP contribution in [0.5, 0.6) is 0 Å². The van der Waals surface area contributed by atoms with E-state index in [0.29, 0.717) is 18.6 Å². The molecule has 0 saturated heterocycles. The first-order valence-electron chi connectivity index (χ1n) is 15.1. The van der Waals surface area contributed by atoms with Crippen molar-refractivity contribution in [1.29, 1.82) is 0 Å². The highest BCUT2D eigenvalue weighted by Gasteiger charge is 2.18. The zero-order chi connectivity index (χ0) is 26.7. The first-order valence-corrected chi connectivity index (χ1v) is 15.1. The number of benzene rings is 2. The molecule has 0 unspecified atom stereocenters. The van der Waals surface area contributed by atoms with Gasteiger partial charge >= 0.3 is 5.97 Å². The van der Waals surface area contributed by atoms with Crippen LogP contribution in [0.25, 0.3) is 0 Å². The quantitative estimate of drug-likeness (QED) is 0.110. The highest BCUT2D eigenvalue weighted by atomic mass is 16.5. The molecule has 0 bridgehead atoms. The largest absolute Gasteiger partial charge is 0.462 e. The number of rotatable bonds is 20. The lowest BCUT2D eigenvalue weighted by atomic mass is 9.92. The van der Waals surface area contributed by atoms with Crippen LogP contribution in [-0.4, -0.2) is 12.6 Å². The predicted molar refractivity (Wildman–Crippen MR) is 159 cm³/mol. The topological polar surface area (TPSA) is 52.3 Å². The van der Waals surface area contributed by atoms with Crippen LogP contribution in [0.3, 0.4) is 0 Å². The van der Waals surface area contributed by atoms with Gasteiger partial charge in [0.25, 0.3) is 0 Å². The van der Waals surface area contributed by atoms with E-state index in [1.54, 1.807) is 0 Å². The third kappa shape index (κ3) is 12.2. The van der Waals surface area contributed by atoms with Crippen LogP contribution in [0.2, 0.25) is 0 Å². The van der Waals surface area contributed by atoms with E-state index in [-0.39, 0.29) is 5.97 Å². The Balaban J connectivity index is 1.58. The van der Waals surface area contributed by atoms with Gasteiger partial charge in [-0.05, 0) is 55.0 Å². The molecule has 2 aromatic rings. The van der Waals surface area contributed by atoms with Crippen molar-refractivity contribution in [1.82, 2.24) is 0 Å². The number of esters is 1. The number of hydrogen-bond acceptors (Lipinski definition) is 3. The van der Waals surface area contributed by atoms with Crippen LogP contribution in [0.15, 0.2) is 36.4 Å². The van der Waals surface area contributed by atoms with Crippen molar-refractivity contribution in [3.63, 3.8) is 0 Å². The Hall–Kier alpha value is -2.29. The molecule has 206 valence electrons. The van der Waals surface area contributed by atoms with Gasteiger partial charge in [0.1, 0.15) is 0 Å². The van der Waals surface area contributed by atoms with Crippen molar-refractivity contribution in [3.05, 3.63) is 64.2 Å². The summed E-state index contributed by atoms with van der Waals surface area (Å²) in [4.78, 5) is 13.0. The lowest BCUT2D eigenvalue weighted by Crippen LogP contribution is -2.13. The summed E-state index contributed by atoms with van der Waals surface area (Å²) in [5.41, 5.74) is 11.8. The van der Waals surface area contributed by atoms with Crippen molar-refractivity contribution in [2.24, 2.45) is 0 Å². The van der Waals surface area contributed by atoms with Crippen LogP contribution in [0, 0.1) is 13.8 Å². The summed E-state index contributed by atoms with van der Waals surface area (Å²) in [5.74, 6) is -0.224. The fraction of sp³-hybridized carbons (Fsp3) is 0.618. The SMILES string of the molecule is CCCCCCCCCCCCCCCCCCOC(=O)c1cc(C)c(N)c(C)c1Cc1ccccc1. The molecule has 0 aliphatic rings. The summed E-state index contributed by atoms with van der Waals surface area (Å²) in [6.45, 7) is 6.74. The number of unbranched alkanes of at least 4 members (excludes halogenated alkanes) is 15. The highest BCUT2D eigenvalue weighted by Crippen LogP contribution is 2.27. The van der Waals surface area contributed by atoms with E-state index in [2.05, 4.69) is 19.1 Å².